The van der Waals surface area contributed by atoms with E-state index in [2.05, 4.69) is 29.0 Å². The van der Waals surface area contributed by atoms with Crippen LogP contribution in [0.1, 0.15) is 50.1 Å². The lowest BCUT2D eigenvalue weighted by atomic mass is 10.1. The fourth-order valence-electron chi connectivity index (χ4n) is 2.05. The van der Waals surface area contributed by atoms with E-state index < -0.39 is 0 Å². The number of H-pyrrole nitrogens is 1. The molecule has 0 fully saturated rings. The molecule has 0 atom stereocenters. The smallest absolute Gasteiger partial charge is 0.293 e. The second kappa shape index (κ2) is 7.89. The van der Waals surface area contributed by atoms with Gasteiger partial charge in [0, 0.05) is 26.1 Å². The van der Waals surface area contributed by atoms with Gasteiger partial charge in [0.05, 0.1) is 6.61 Å². The number of nitrogens with zero attached hydrogens (tertiary/aromatic N) is 3. The zero-order valence-electron chi connectivity index (χ0n) is 12.3. The van der Waals surface area contributed by atoms with Gasteiger partial charge in [-0.15, -0.1) is 5.10 Å². The molecule has 0 saturated heterocycles. The van der Waals surface area contributed by atoms with Gasteiger partial charge in [-0.2, -0.15) is 0 Å². The van der Waals surface area contributed by atoms with Crippen molar-refractivity contribution < 1.29 is 9.53 Å². The second-order valence-corrected chi connectivity index (χ2v) is 4.42. The molecule has 0 spiro atoms. The minimum Gasteiger partial charge on any atom is -0.383 e. The minimum atomic E-state index is -0.123. The van der Waals surface area contributed by atoms with Crippen LogP contribution in [0.2, 0.25) is 0 Å². The van der Waals surface area contributed by atoms with Crippen molar-refractivity contribution in [1.29, 1.82) is 0 Å². The summed E-state index contributed by atoms with van der Waals surface area (Å²) in [5.41, 5.74) is 0. The van der Waals surface area contributed by atoms with E-state index >= 15 is 0 Å². The van der Waals surface area contributed by atoms with Crippen LogP contribution in [0.15, 0.2) is 0 Å². The first-order chi connectivity index (χ1) is 9.17. The molecule has 0 saturated carbocycles. The Kier molecular flexibility index (Phi) is 6.49. The molecule has 6 heteroatoms. The van der Waals surface area contributed by atoms with Crippen LogP contribution in [-0.4, -0.2) is 52.3 Å². The fraction of sp³-hybridized carbons (Fsp3) is 0.769. The van der Waals surface area contributed by atoms with Crippen molar-refractivity contribution in [2.75, 3.05) is 20.3 Å². The maximum Gasteiger partial charge on any atom is 0.293 e. The van der Waals surface area contributed by atoms with Crippen LogP contribution in [0.5, 0.6) is 0 Å². The number of methoxy groups -OCH3 is 1. The van der Waals surface area contributed by atoms with Crippen molar-refractivity contribution in [3.8, 4) is 0 Å². The van der Waals surface area contributed by atoms with E-state index in [9.17, 15) is 4.79 Å². The molecule has 1 amide bonds. The number of aryl methyl sites for hydroxylation is 1. The third-order valence-corrected chi connectivity index (χ3v) is 3.24. The van der Waals surface area contributed by atoms with Crippen molar-refractivity contribution in [2.24, 2.45) is 0 Å². The number of rotatable bonds is 8. The van der Waals surface area contributed by atoms with E-state index in [0.717, 1.165) is 25.1 Å². The van der Waals surface area contributed by atoms with Crippen LogP contribution < -0.4 is 0 Å². The fourth-order valence-corrected chi connectivity index (χ4v) is 2.05. The quantitative estimate of drug-likeness (QED) is 0.778. The third kappa shape index (κ3) is 4.02. The van der Waals surface area contributed by atoms with Gasteiger partial charge >= 0.3 is 0 Å². The lowest BCUT2D eigenvalue weighted by molar-refractivity contribution is 0.0578. The summed E-state index contributed by atoms with van der Waals surface area (Å²) in [6, 6.07) is 0.200. The van der Waals surface area contributed by atoms with Gasteiger partial charge in [0.1, 0.15) is 5.82 Å². The van der Waals surface area contributed by atoms with Crippen molar-refractivity contribution in [2.45, 2.75) is 46.1 Å². The molecule has 0 bridgehead atoms. The number of carbonyl (C=O) groups is 1. The number of aromatic nitrogens is 3. The molecule has 1 aromatic rings. The number of nitrogens with one attached hydrogen (secondary N) is 1. The van der Waals surface area contributed by atoms with Gasteiger partial charge in [0.2, 0.25) is 5.82 Å². The molecule has 0 unspecified atom stereocenters. The molecule has 0 aliphatic heterocycles. The molecule has 1 rings (SSSR count). The molecule has 0 aliphatic rings. The highest BCUT2D eigenvalue weighted by molar-refractivity contribution is 5.90. The highest BCUT2D eigenvalue weighted by Gasteiger charge is 2.25. The molecule has 0 aliphatic carbocycles. The lowest BCUT2D eigenvalue weighted by Gasteiger charge is -2.29. The molecule has 1 aromatic heterocycles. The largest absolute Gasteiger partial charge is 0.383 e. The SMILES string of the molecule is CCc1nc(C(=O)N(CCOC)C(CC)CC)n[nH]1. The topological polar surface area (TPSA) is 71.1 Å². The summed E-state index contributed by atoms with van der Waals surface area (Å²) in [5.74, 6) is 0.862. The minimum absolute atomic E-state index is 0.123. The first-order valence-corrected chi connectivity index (χ1v) is 6.88. The van der Waals surface area contributed by atoms with Gasteiger partial charge in [-0.25, -0.2) is 4.98 Å². The van der Waals surface area contributed by atoms with E-state index in [1.807, 2.05) is 11.8 Å². The summed E-state index contributed by atoms with van der Waals surface area (Å²) >= 11 is 0. The Morgan fingerprint density at radius 1 is 1.37 bits per heavy atom. The molecule has 108 valence electrons. The molecular weight excluding hydrogens is 244 g/mol. The van der Waals surface area contributed by atoms with Crippen molar-refractivity contribution in [3.05, 3.63) is 11.6 Å². The first-order valence-electron chi connectivity index (χ1n) is 6.88. The Hall–Kier alpha value is -1.43. The van der Waals surface area contributed by atoms with Gasteiger partial charge < -0.3 is 9.64 Å². The number of amides is 1. The monoisotopic (exact) mass is 268 g/mol. The zero-order chi connectivity index (χ0) is 14.3. The first kappa shape index (κ1) is 15.6. The maximum atomic E-state index is 12.5. The summed E-state index contributed by atoms with van der Waals surface area (Å²) in [5, 5.41) is 6.78. The zero-order valence-corrected chi connectivity index (χ0v) is 12.3. The summed E-state index contributed by atoms with van der Waals surface area (Å²) in [7, 11) is 1.64. The Bertz CT molecular complexity index is 388. The Labute approximate surface area is 114 Å². The summed E-state index contributed by atoms with van der Waals surface area (Å²) in [6.07, 6.45) is 2.57. The summed E-state index contributed by atoms with van der Waals surface area (Å²) in [6.45, 7) is 7.22. The molecular formula is C13H24N4O2. The Morgan fingerprint density at radius 2 is 2.05 bits per heavy atom. The second-order valence-electron chi connectivity index (χ2n) is 4.42. The number of carbonyl (C=O) groups excluding carboxylic acids is 1. The van der Waals surface area contributed by atoms with E-state index in [4.69, 9.17) is 4.74 Å². The number of hydrogen-bond acceptors (Lipinski definition) is 4. The normalized spacial score (nSPS) is 11.0. The van der Waals surface area contributed by atoms with Gasteiger partial charge in [-0.1, -0.05) is 20.8 Å². The third-order valence-electron chi connectivity index (χ3n) is 3.24. The molecule has 19 heavy (non-hydrogen) atoms. The van der Waals surface area contributed by atoms with Crippen molar-refractivity contribution >= 4 is 5.91 Å². The Morgan fingerprint density at radius 3 is 2.53 bits per heavy atom. The average molecular weight is 268 g/mol. The van der Waals surface area contributed by atoms with E-state index in [-0.39, 0.29) is 17.8 Å². The summed E-state index contributed by atoms with van der Waals surface area (Å²) in [4.78, 5) is 18.5. The van der Waals surface area contributed by atoms with Crippen LogP contribution >= 0.6 is 0 Å². The lowest BCUT2D eigenvalue weighted by Crippen LogP contribution is -2.42. The van der Waals surface area contributed by atoms with E-state index in [0.29, 0.717) is 13.2 Å². The van der Waals surface area contributed by atoms with Gasteiger partial charge in [-0.05, 0) is 12.8 Å². The molecule has 0 radical (unpaired) electrons. The maximum absolute atomic E-state index is 12.5. The Balaban J connectivity index is 2.85. The number of aromatic amines is 1. The van der Waals surface area contributed by atoms with Gasteiger partial charge in [0.15, 0.2) is 0 Å². The van der Waals surface area contributed by atoms with Crippen LogP contribution in [0.25, 0.3) is 0 Å². The standard InChI is InChI=1S/C13H24N4O2/c1-5-10(6-2)17(8-9-19-4)13(18)12-14-11(7-3)15-16-12/h10H,5-9H2,1-4H3,(H,14,15,16). The van der Waals surface area contributed by atoms with Crippen molar-refractivity contribution in [1.82, 2.24) is 20.1 Å². The average Bonchev–Trinajstić information content (AvgIpc) is 2.91. The van der Waals surface area contributed by atoms with Gasteiger partial charge in [0.25, 0.3) is 5.91 Å². The summed E-state index contributed by atoms with van der Waals surface area (Å²) < 4.78 is 5.08. The predicted molar refractivity (Wildman–Crippen MR) is 73.0 cm³/mol. The van der Waals surface area contributed by atoms with Crippen LogP contribution in [-0.2, 0) is 11.2 Å². The van der Waals surface area contributed by atoms with E-state index in [1.54, 1.807) is 7.11 Å². The molecule has 6 nitrogen and oxygen atoms in total. The molecule has 0 aromatic carbocycles. The number of hydrogen-bond donors (Lipinski definition) is 1. The molecule has 1 heterocycles. The highest BCUT2D eigenvalue weighted by Crippen LogP contribution is 2.11. The van der Waals surface area contributed by atoms with Crippen LogP contribution in [0.4, 0.5) is 0 Å². The predicted octanol–water partition coefficient (Wildman–Crippen LogP) is 1.64. The highest BCUT2D eigenvalue weighted by atomic mass is 16.5. The van der Waals surface area contributed by atoms with E-state index in [1.165, 1.54) is 0 Å². The van der Waals surface area contributed by atoms with Crippen LogP contribution in [0.3, 0.4) is 0 Å². The molecule has 1 N–H and O–H groups in total. The van der Waals surface area contributed by atoms with Crippen molar-refractivity contribution in [3.63, 3.8) is 0 Å². The van der Waals surface area contributed by atoms with Crippen LogP contribution in [0, 0.1) is 0 Å². The number of ether oxygens (including phenoxy) is 1. The van der Waals surface area contributed by atoms with Gasteiger partial charge in [-0.3, -0.25) is 9.89 Å².